The predicted octanol–water partition coefficient (Wildman–Crippen LogP) is 2.75. The van der Waals surface area contributed by atoms with Crippen LogP contribution in [0, 0.1) is 0 Å². The van der Waals surface area contributed by atoms with Crippen LogP contribution in [0.2, 0.25) is 0 Å². The van der Waals surface area contributed by atoms with E-state index in [1.807, 2.05) is 0 Å². The number of rotatable bonds is 7. The van der Waals surface area contributed by atoms with Crippen LogP contribution in [-0.4, -0.2) is 55.6 Å². The standard InChI is InChI=1S/C18H31N3/c1-4-11-19-18(17-8-6-5-7-9-17)10-12-21-14-13-20(3)15-16(21)2/h5-9,16,18-19H,4,10-15H2,1-3H3. The van der Waals surface area contributed by atoms with E-state index in [9.17, 15) is 0 Å². The second-order valence-corrected chi connectivity index (χ2v) is 6.35. The number of hydrogen-bond acceptors (Lipinski definition) is 3. The summed E-state index contributed by atoms with van der Waals surface area (Å²) < 4.78 is 0. The molecular formula is C18H31N3. The van der Waals surface area contributed by atoms with Gasteiger partial charge in [0.15, 0.2) is 0 Å². The van der Waals surface area contributed by atoms with Gasteiger partial charge in [-0.25, -0.2) is 0 Å². The summed E-state index contributed by atoms with van der Waals surface area (Å²) in [6.45, 7) is 10.5. The summed E-state index contributed by atoms with van der Waals surface area (Å²) >= 11 is 0. The smallest absolute Gasteiger partial charge is 0.0332 e. The summed E-state index contributed by atoms with van der Waals surface area (Å²) in [4.78, 5) is 5.08. The SMILES string of the molecule is CCCNC(CCN1CCN(C)CC1C)c1ccccc1. The first kappa shape index (κ1) is 16.5. The van der Waals surface area contributed by atoms with Crippen molar-refractivity contribution in [1.29, 1.82) is 0 Å². The quantitative estimate of drug-likeness (QED) is 0.833. The molecule has 1 aromatic carbocycles. The van der Waals surface area contributed by atoms with Crippen molar-refractivity contribution >= 4 is 0 Å². The molecule has 0 spiro atoms. The Hall–Kier alpha value is -0.900. The second kappa shape index (κ2) is 8.52. The molecule has 1 aliphatic heterocycles. The zero-order valence-electron chi connectivity index (χ0n) is 13.9. The Morgan fingerprint density at radius 1 is 1.24 bits per heavy atom. The lowest BCUT2D eigenvalue weighted by atomic mass is 10.0. The van der Waals surface area contributed by atoms with Gasteiger partial charge in [0.05, 0.1) is 0 Å². The van der Waals surface area contributed by atoms with Gasteiger partial charge in [-0.3, -0.25) is 4.90 Å². The fraction of sp³-hybridized carbons (Fsp3) is 0.667. The third-order valence-electron chi connectivity index (χ3n) is 4.52. The molecule has 0 aromatic heterocycles. The molecular weight excluding hydrogens is 258 g/mol. The normalized spacial score (nSPS) is 22.3. The highest BCUT2D eigenvalue weighted by atomic mass is 15.3. The molecule has 1 aromatic rings. The molecule has 1 fully saturated rings. The maximum Gasteiger partial charge on any atom is 0.0332 e. The number of nitrogens with zero attached hydrogens (tertiary/aromatic N) is 2. The largest absolute Gasteiger partial charge is 0.310 e. The van der Waals surface area contributed by atoms with Crippen LogP contribution in [0.4, 0.5) is 0 Å². The first-order valence-corrected chi connectivity index (χ1v) is 8.41. The van der Waals surface area contributed by atoms with Gasteiger partial charge in [0.1, 0.15) is 0 Å². The van der Waals surface area contributed by atoms with Crippen LogP contribution >= 0.6 is 0 Å². The first-order valence-electron chi connectivity index (χ1n) is 8.41. The Kier molecular flexibility index (Phi) is 6.68. The Labute approximate surface area is 130 Å². The van der Waals surface area contributed by atoms with Crippen LogP contribution in [0.25, 0.3) is 0 Å². The lowest BCUT2D eigenvalue weighted by Gasteiger charge is -2.38. The number of benzene rings is 1. The highest BCUT2D eigenvalue weighted by Crippen LogP contribution is 2.18. The summed E-state index contributed by atoms with van der Waals surface area (Å²) in [7, 11) is 2.23. The fourth-order valence-electron chi connectivity index (χ4n) is 3.19. The minimum Gasteiger partial charge on any atom is -0.310 e. The van der Waals surface area contributed by atoms with E-state index < -0.39 is 0 Å². The summed E-state index contributed by atoms with van der Waals surface area (Å²) in [6.07, 6.45) is 2.38. The zero-order chi connectivity index (χ0) is 15.1. The van der Waals surface area contributed by atoms with Crippen molar-refractivity contribution in [3.63, 3.8) is 0 Å². The van der Waals surface area contributed by atoms with Gasteiger partial charge in [0.25, 0.3) is 0 Å². The monoisotopic (exact) mass is 289 g/mol. The molecule has 0 radical (unpaired) electrons. The van der Waals surface area contributed by atoms with Gasteiger partial charge in [-0.15, -0.1) is 0 Å². The lowest BCUT2D eigenvalue weighted by molar-refractivity contribution is 0.0960. The number of hydrogen-bond donors (Lipinski definition) is 1. The van der Waals surface area contributed by atoms with Gasteiger partial charge < -0.3 is 10.2 Å². The van der Waals surface area contributed by atoms with Gasteiger partial charge in [-0.2, -0.15) is 0 Å². The molecule has 0 amide bonds. The van der Waals surface area contributed by atoms with Crippen LogP contribution in [0.15, 0.2) is 30.3 Å². The molecule has 1 N–H and O–H groups in total. The van der Waals surface area contributed by atoms with E-state index in [2.05, 4.69) is 66.3 Å². The van der Waals surface area contributed by atoms with Gasteiger partial charge in [0, 0.05) is 38.3 Å². The maximum absolute atomic E-state index is 3.71. The maximum atomic E-state index is 3.71. The molecule has 0 saturated carbocycles. The third kappa shape index (κ3) is 5.10. The molecule has 3 heteroatoms. The van der Waals surface area contributed by atoms with Gasteiger partial charge in [-0.1, -0.05) is 37.3 Å². The molecule has 0 aliphatic carbocycles. The Bertz CT molecular complexity index is 393. The number of likely N-dealkylation sites (N-methyl/N-ethyl adjacent to an activating group) is 1. The summed E-state index contributed by atoms with van der Waals surface area (Å²) in [6, 6.07) is 12.1. The Balaban J connectivity index is 1.90. The van der Waals surface area contributed by atoms with E-state index in [1.165, 1.54) is 44.6 Å². The van der Waals surface area contributed by atoms with Gasteiger partial charge in [0.2, 0.25) is 0 Å². The average molecular weight is 289 g/mol. The van der Waals surface area contributed by atoms with Crippen molar-refractivity contribution in [1.82, 2.24) is 15.1 Å². The Morgan fingerprint density at radius 2 is 2.00 bits per heavy atom. The minimum absolute atomic E-state index is 0.484. The zero-order valence-corrected chi connectivity index (χ0v) is 13.9. The fourth-order valence-corrected chi connectivity index (χ4v) is 3.19. The number of piperazine rings is 1. The molecule has 21 heavy (non-hydrogen) atoms. The first-order chi connectivity index (χ1) is 10.2. The highest BCUT2D eigenvalue weighted by Gasteiger charge is 2.22. The second-order valence-electron chi connectivity index (χ2n) is 6.35. The summed E-state index contributed by atoms with van der Waals surface area (Å²) in [5.41, 5.74) is 1.42. The van der Waals surface area contributed by atoms with Crippen LogP contribution in [0.3, 0.4) is 0 Å². The van der Waals surface area contributed by atoms with Crippen LogP contribution < -0.4 is 5.32 Å². The lowest BCUT2D eigenvalue weighted by Crippen LogP contribution is -2.50. The van der Waals surface area contributed by atoms with Crippen LogP contribution in [0.1, 0.15) is 38.3 Å². The average Bonchev–Trinajstić information content (AvgIpc) is 2.50. The van der Waals surface area contributed by atoms with E-state index in [0.29, 0.717) is 12.1 Å². The topological polar surface area (TPSA) is 18.5 Å². The highest BCUT2D eigenvalue weighted by molar-refractivity contribution is 5.18. The predicted molar refractivity (Wildman–Crippen MR) is 90.6 cm³/mol. The molecule has 3 nitrogen and oxygen atoms in total. The molecule has 118 valence electrons. The van der Waals surface area contributed by atoms with Crippen molar-refractivity contribution in [2.24, 2.45) is 0 Å². The molecule has 1 aliphatic rings. The molecule has 1 saturated heterocycles. The van der Waals surface area contributed by atoms with Gasteiger partial charge >= 0.3 is 0 Å². The van der Waals surface area contributed by atoms with Crippen molar-refractivity contribution in [3.05, 3.63) is 35.9 Å². The molecule has 1 heterocycles. The van der Waals surface area contributed by atoms with Crippen LogP contribution in [-0.2, 0) is 0 Å². The summed E-state index contributed by atoms with van der Waals surface area (Å²) in [5.74, 6) is 0. The van der Waals surface area contributed by atoms with E-state index >= 15 is 0 Å². The van der Waals surface area contributed by atoms with Gasteiger partial charge in [-0.05, 0) is 38.9 Å². The van der Waals surface area contributed by atoms with Crippen LogP contribution in [0.5, 0.6) is 0 Å². The molecule has 2 atom stereocenters. The molecule has 0 bridgehead atoms. The summed E-state index contributed by atoms with van der Waals surface area (Å²) in [5, 5.41) is 3.71. The van der Waals surface area contributed by atoms with Crippen molar-refractivity contribution in [2.75, 3.05) is 39.8 Å². The van der Waals surface area contributed by atoms with E-state index in [4.69, 9.17) is 0 Å². The molecule has 2 unspecified atom stereocenters. The molecule has 2 rings (SSSR count). The van der Waals surface area contributed by atoms with Crippen molar-refractivity contribution < 1.29 is 0 Å². The number of nitrogens with one attached hydrogen (secondary N) is 1. The van der Waals surface area contributed by atoms with Crippen molar-refractivity contribution in [3.8, 4) is 0 Å². The van der Waals surface area contributed by atoms with E-state index in [0.717, 1.165) is 6.54 Å². The van der Waals surface area contributed by atoms with Crippen molar-refractivity contribution in [2.45, 2.75) is 38.8 Å². The third-order valence-corrected chi connectivity index (χ3v) is 4.52. The van der Waals surface area contributed by atoms with E-state index in [1.54, 1.807) is 0 Å². The Morgan fingerprint density at radius 3 is 2.67 bits per heavy atom. The minimum atomic E-state index is 0.484. The van der Waals surface area contributed by atoms with E-state index in [-0.39, 0.29) is 0 Å².